The molecule has 0 aliphatic carbocycles. The highest BCUT2D eigenvalue weighted by Crippen LogP contribution is 1.98. The van der Waals surface area contributed by atoms with Gasteiger partial charge in [-0.3, -0.25) is 4.98 Å². The predicted molar refractivity (Wildman–Crippen MR) is 68.6 cm³/mol. The molecule has 0 aromatic carbocycles. The molecule has 1 N–H and O–H groups in total. The van der Waals surface area contributed by atoms with Crippen molar-refractivity contribution in [3.05, 3.63) is 30.1 Å². The minimum Gasteiger partial charge on any atom is -0.315 e. The molecule has 0 saturated heterocycles. The molecule has 1 aromatic rings. The summed E-state index contributed by atoms with van der Waals surface area (Å²) in [6.07, 6.45) is 6.03. The van der Waals surface area contributed by atoms with Crippen LogP contribution in [0.1, 0.15) is 18.9 Å². The Kier molecular flexibility index (Phi) is 6.77. The Morgan fingerprint density at radius 1 is 1.19 bits per heavy atom. The summed E-state index contributed by atoms with van der Waals surface area (Å²) in [5.41, 5.74) is 1.36. The maximum absolute atomic E-state index is 4.02. The molecule has 3 nitrogen and oxygen atoms in total. The van der Waals surface area contributed by atoms with Gasteiger partial charge in [-0.2, -0.15) is 0 Å². The molecule has 0 radical (unpaired) electrons. The van der Waals surface area contributed by atoms with E-state index in [-0.39, 0.29) is 0 Å². The third-order valence-electron chi connectivity index (χ3n) is 2.63. The zero-order valence-electron chi connectivity index (χ0n) is 10.4. The quantitative estimate of drug-likeness (QED) is 0.675. The topological polar surface area (TPSA) is 28.2 Å². The lowest BCUT2D eigenvalue weighted by molar-refractivity contribution is 0.336. The second-order valence-corrected chi connectivity index (χ2v) is 4.16. The fraction of sp³-hybridized carbons (Fsp3) is 0.615. The molecule has 1 aromatic heterocycles. The Bertz CT molecular complexity index is 261. The first-order chi connectivity index (χ1) is 7.83. The van der Waals surface area contributed by atoms with E-state index in [9.17, 15) is 0 Å². The average Bonchev–Trinajstić information content (AvgIpc) is 2.33. The van der Waals surface area contributed by atoms with E-state index in [4.69, 9.17) is 0 Å². The number of pyridine rings is 1. The molecule has 1 rings (SSSR count). The lowest BCUT2D eigenvalue weighted by Gasteiger charge is -2.16. The largest absolute Gasteiger partial charge is 0.315 e. The SMILES string of the molecule is CCCNCCN(C)CCc1ccncc1. The van der Waals surface area contributed by atoms with Gasteiger partial charge in [0.25, 0.3) is 0 Å². The van der Waals surface area contributed by atoms with Gasteiger partial charge in [0.05, 0.1) is 0 Å². The van der Waals surface area contributed by atoms with Crippen LogP contribution in [-0.4, -0.2) is 43.1 Å². The van der Waals surface area contributed by atoms with Crippen LogP contribution in [0.4, 0.5) is 0 Å². The van der Waals surface area contributed by atoms with E-state index in [0.717, 1.165) is 32.6 Å². The first-order valence-electron chi connectivity index (χ1n) is 6.11. The van der Waals surface area contributed by atoms with Crippen molar-refractivity contribution in [1.29, 1.82) is 0 Å². The zero-order valence-corrected chi connectivity index (χ0v) is 10.4. The molecule has 0 unspecified atom stereocenters. The van der Waals surface area contributed by atoms with Gasteiger partial charge in [-0.05, 0) is 44.1 Å². The van der Waals surface area contributed by atoms with E-state index in [1.165, 1.54) is 12.0 Å². The summed E-state index contributed by atoms with van der Waals surface area (Å²) in [4.78, 5) is 6.38. The van der Waals surface area contributed by atoms with E-state index >= 15 is 0 Å². The molecule has 0 saturated carbocycles. The van der Waals surface area contributed by atoms with Crippen molar-refractivity contribution in [3.63, 3.8) is 0 Å². The van der Waals surface area contributed by atoms with Gasteiger partial charge in [-0.15, -0.1) is 0 Å². The Labute approximate surface area is 98.9 Å². The lowest BCUT2D eigenvalue weighted by atomic mass is 10.2. The van der Waals surface area contributed by atoms with Gasteiger partial charge >= 0.3 is 0 Å². The Hall–Kier alpha value is -0.930. The number of hydrogen-bond donors (Lipinski definition) is 1. The fourth-order valence-corrected chi connectivity index (χ4v) is 1.55. The van der Waals surface area contributed by atoms with E-state index in [1.807, 2.05) is 12.4 Å². The molecule has 1 heterocycles. The zero-order chi connectivity index (χ0) is 11.6. The third-order valence-corrected chi connectivity index (χ3v) is 2.63. The van der Waals surface area contributed by atoms with Crippen LogP contribution in [0, 0.1) is 0 Å². The maximum atomic E-state index is 4.02. The molecular weight excluding hydrogens is 198 g/mol. The van der Waals surface area contributed by atoms with Crippen LogP contribution in [0.3, 0.4) is 0 Å². The van der Waals surface area contributed by atoms with Gasteiger partial charge in [0.1, 0.15) is 0 Å². The van der Waals surface area contributed by atoms with Gasteiger partial charge in [0.2, 0.25) is 0 Å². The highest BCUT2D eigenvalue weighted by Gasteiger charge is 1.98. The van der Waals surface area contributed by atoms with Crippen molar-refractivity contribution >= 4 is 0 Å². The Morgan fingerprint density at radius 3 is 2.62 bits per heavy atom. The van der Waals surface area contributed by atoms with E-state index in [2.05, 4.69) is 41.3 Å². The molecule has 0 aliphatic rings. The second-order valence-electron chi connectivity index (χ2n) is 4.16. The summed E-state index contributed by atoms with van der Waals surface area (Å²) >= 11 is 0. The summed E-state index contributed by atoms with van der Waals surface area (Å²) in [7, 11) is 2.18. The van der Waals surface area contributed by atoms with Gasteiger partial charge < -0.3 is 10.2 Å². The first-order valence-corrected chi connectivity index (χ1v) is 6.11. The fourth-order valence-electron chi connectivity index (χ4n) is 1.55. The highest BCUT2D eigenvalue weighted by molar-refractivity contribution is 5.09. The number of likely N-dealkylation sites (N-methyl/N-ethyl adjacent to an activating group) is 1. The van der Waals surface area contributed by atoms with Crippen molar-refractivity contribution < 1.29 is 0 Å². The number of nitrogens with zero attached hydrogens (tertiary/aromatic N) is 2. The van der Waals surface area contributed by atoms with E-state index in [1.54, 1.807) is 0 Å². The summed E-state index contributed by atoms with van der Waals surface area (Å²) in [6, 6.07) is 4.17. The minimum absolute atomic E-state index is 1.08. The molecule has 90 valence electrons. The highest BCUT2D eigenvalue weighted by atomic mass is 15.1. The number of hydrogen-bond acceptors (Lipinski definition) is 3. The molecule has 0 spiro atoms. The van der Waals surface area contributed by atoms with Crippen LogP contribution in [0.2, 0.25) is 0 Å². The first kappa shape index (κ1) is 13.1. The molecule has 0 bridgehead atoms. The minimum atomic E-state index is 1.08. The molecule has 3 heteroatoms. The number of nitrogens with one attached hydrogen (secondary N) is 1. The van der Waals surface area contributed by atoms with Crippen LogP contribution in [0.5, 0.6) is 0 Å². The smallest absolute Gasteiger partial charge is 0.0270 e. The molecule has 0 amide bonds. The predicted octanol–water partition coefficient (Wildman–Crippen LogP) is 1.56. The third kappa shape index (κ3) is 5.83. The van der Waals surface area contributed by atoms with Crippen LogP contribution < -0.4 is 5.32 Å². The van der Waals surface area contributed by atoms with Crippen molar-refractivity contribution in [2.75, 3.05) is 33.2 Å². The second kappa shape index (κ2) is 8.25. The van der Waals surface area contributed by atoms with Crippen LogP contribution in [0.25, 0.3) is 0 Å². The summed E-state index contributed by atoms with van der Waals surface area (Å²) < 4.78 is 0. The monoisotopic (exact) mass is 221 g/mol. The van der Waals surface area contributed by atoms with Gasteiger partial charge in [0.15, 0.2) is 0 Å². The maximum Gasteiger partial charge on any atom is 0.0270 e. The molecule has 16 heavy (non-hydrogen) atoms. The van der Waals surface area contributed by atoms with Crippen molar-refractivity contribution in [1.82, 2.24) is 15.2 Å². The lowest BCUT2D eigenvalue weighted by Crippen LogP contribution is -2.30. The normalized spacial score (nSPS) is 10.9. The van der Waals surface area contributed by atoms with Crippen LogP contribution in [0.15, 0.2) is 24.5 Å². The average molecular weight is 221 g/mol. The van der Waals surface area contributed by atoms with Crippen LogP contribution in [-0.2, 0) is 6.42 Å². The number of rotatable bonds is 8. The molecule has 0 aliphatic heterocycles. The summed E-state index contributed by atoms with van der Waals surface area (Å²) in [5, 5.41) is 3.41. The van der Waals surface area contributed by atoms with Gasteiger partial charge in [-0.1, -0.05) is 6.92 Å². The van der Waals surface area contributed by atoms with Gasteiger partial charge in [-0.25, -0.2) is 0 Å². The standard InChI is InChI=1S/C13H23N3/c1-3-7-14-10-12-16(2)11-6-13-4-8-15-9-5-13/h4-5,8-9,14H,3,6-7,10-12H2,1-2H3. The summed E-state index contributed by atoms with van der Waals surface area (Å²) in [5.74, 6) is 0. The number of aromatic nitrogens is 1. The van der Waals surface area contributed by atoms with E-state index in [0.29, 0.717) is 0 Å². The molecule has 0 fully saturated rings. The van der Waals surface area contributed by atoms with Crippen molar-refractivity contribution in [3.8, 4) is 0 Å². The Morgan fingerprint density at radius 2 is 1.94 bits per heavy atom. The molecular formula is C13H23N3. The summed E-state index contributed by atoms with van der Waals surface area (Å²) in [6.45, 7) is 6.63. The van der Waals surface area contributed by atoms with Crippen molar-refractivity contribution in [2.24, 2.45) is 0 Å². The molecule has 0 atom stereocenters. The van der Waals surface area contributed by atoms with E-state index < -0.39 is 0 Å². The van der Waals surface area contributed by atoms with Crippen molar-refractivity contribution in [2.45, 2.75) is 19.8 Å². The Balaban J connectivity index is 2.08. The van der Waals surface area contributed by atoms with Crippen LogP contribution >= 0.6 is 0 Å². The van der Waals surface area contributed by atoms with Gasteiger partial charge in [0, 0.05) is 32.0 Å².